The summed E-state index contributed by atoms with van der Waals surface area (Å²) >= 11 is 0. The van der Waals surface area contributed by atoms with Gasteiger partial charge in [0, 0.05) is 30.1 Å². The van der Waals surface area contributed by atoms with Crippen molar-refractivity contribution in [2.45, 2.75) is 32.3 Å². The number of aliphatic hydroxyl groups is 1. The fourth-order valence-corrected chi connectivity index (χ4v) is 2.10. The van der Waals surface area contributed by atoms with Crippen LogP contribution in [0.4, 0.5) is 0 Å². The van der Waals surface area contributed by atoms with Gasteiger partial charge >= 0.3 is 0 Å². The molecule has 2 aromatic rings. The number of aryl methyl sites for hydroxylation is 1. The number of amides is 1. The minimum atomic E-state index is -0.367. The number of nitrogens with one attached hydrogen (secondary N) is 2. The van der Waals surface area contributed by atoms with Crippen LogP contribution in [0.2, 0.25) is 0 Å². The maximum atomic E-state index is 11.7. The Kier molecular flexibility index (Phi) is 4.58. The zero-order valence-corrected chi connectivity index (χ0v) is 11.1. The summed E-state index contributed by atoms with van der Waals surface area (Å²) in [6.07, 6.45) is 3.40. The van der Waals surface area contributed by atoms with Gasteiger partial charge in [0.15, 0.2) is 0 Å². The first-order valence-electron chi connectivity index (χ1n) is 6.66. The van der Waals surface area contributed by atoms with E-state index in [1.54, 1.807) is 6.92 Å². The molecule has 3 N–H and O–H groups in total. The molecular weight excluding hydrogens is 240 g/mol. The first kappa shape index (κ1) is 13.6. The second kappa shape index (κ2) is 6.38. The third kappa shape index (κ3) is 3.83. The number of H-pyrrole nitrogens is 1. The molecule has 0 aliphatic heterocycles. The summed E-state index contributed by atoms with van der Waals surface area (Å²) in [5.74, 6) is 0.0333. The highest BCUT2D eigenvalue weighted by Gasteiger charge is 2.06. The van der Waals surface area contributed by atoms with E-state index in [2.05, 4.69) is 16.4 Å². The van der Waals surface area contributed by atoms with E-state index in [1.165, 1.54) is 10.9 Å². The molecule has 1 amide bonds. The average molecular weight is 260 g/mol. The monoisotopic (exact) mass is 260 g/mol. The summed E-state index contributed by atoms with van der Waals surface area (Å²) in [4.78, 5) is 14.9. The number of aromatic nitrogens is 1. The van der Waals surface area contributed by atoms with Crippen LogP contribution in [-0.4, -0.2) is 28.6 Å². The number of aromatic amines is 1. The molecule has 0 bridgehead atoms. The van der Waals surface area contributed by atoms with Crippen LogP contribution < -0.4 is 5.32 Å². The van der Waals surface area contributed by atoms with Crippen molar-refractivity contribution in [2.24, 2.45) is 0 Å². The highest BCUT2D eigenvalue weighted by Crippen LogP contribution is 2.18. The molecular formula is C15H20N2O2. The van der Waals surface area contributed by atoms with Crippen LogP contribution in [0, 0.1) is 0 Å². The molecule has 1 unspecified atom stereocenters. The fourth-order valence-electron chi connectivity index (χ4n) is 2.10. The van der Waals surface area contributed by atoms with Crippen molar-refractivity contribution in [3.63, 3.8) is 0 Å². The van der Waals surface area contributed by atoms with Gasteiger partial charge in [-0.05, 0) is 31.4 Å². The Balaban J connectivity index is 1.83. The largest absolute Gasteiger partial charge is 0.393 e. The minimum absolute atomic E-state index is 0.0333. The number of carbonyl (C=O) groups excluding carboxylic acids is 1. The van der Waals surface area contributed by atoms with Crippen LogP contribution in [0.25, 0.3) is 10.9 Å². The van der Waals surface area contributed by atoms with E-state index in [0.29, 0.717) is 19.4 Å². The number of aliphatic hydroxyl groups excluding tert-OH is 1. The van der Waals surface area contributed by atoms with Gasteiger partial charge in [-0.15, -0.1) is 0 Å². The highest BCUT2D eigenvalue weighted by molar-refractivity contribution is 5.84. The topological polar surface area (TPSA) is 65.1 Å². The molecule has 1 heterocycles. The molecule has 0 spiro atoms. The van der Waals surface area contributed by atoms with E-state index < -0.39 is 0 Å². The van der Waals surface area contributed by atoms with Crippen molar-refractivity contribution in [1.29, 1.82) is 0 Å². The molecule has 0 saturated heterocycles. The third-order valence-electron chi connectivity index (χ3n) is 3.18. The fraction of sp³-hybridized carbons (Fsp3) is 0.400. The van der Waals surface area contributed by atoms with Gasteiger partial charge in [0.05, 0.1) is 6.10 Å². The Morgan fingerprint density at radius 2 is 2.21 bits per heavy atom. The van der Waals surface area contributed by atoms with E-state index in [1.807, 2.05) is 24.4 Å². The van der Waals surface area contributed by atoms with Crippen LogP contribution in [0.3, 0.4) is 0 Å². The van der Waals surface area contributed by atoms with Gasteiger partial charge in [-0.25, -0.2) is 0 Å². The molecule has 0 saturated carbocycles. The Morgan fingerprint density at radius 1 is 1.42 bits per heavy atom. The van der Waals surface area contributed by atoms with Crippen LogP contribution in [0.5, 0.6) is 0 Å². The number of hydrogen-bond acceptors (Lipinski definition) is 2. The highest BCUT2D eigenvalue weighted by atomic mass is 16.3. The van der Waals surface area contributed by atoms with Crippen molar-refractivity contribution in [3.8, 4) is 0 Å². The smallest absolute Gasteiger partial charge is 0.220 e. The Morgan fingerprint density at radius 3 is 3.00 bits per heavy atom. The maximum Gasteiger partial charge on any atom is 0.220 e. The van der Waals surface area contributed by atoms with E-state index >= 15 is 0 Å². The van der Waals surface area contributed by atoms with Crippen molar-refractivity contribution in [1.82, 2.24) is 10.3 Å². The molecule has 1 atom stereocenters. The lowest BCUT2D eigenvalue weighted by Crippen LogP contribution is -2.26. The summed E-state index contributed by atoms with van der Waals surface area (Å²) in [5, 5.41) is 13.1. The van der Waals surface area contributed by atoms with Gasteiger partial charge in [0.25, 0.3) is 0 Å². The predicted molar refractivity (Wildman–Crippen MR) is 75.9 cm³/mol. The minimum Gasteiger partial charge on any atom is -0.393 e. The zero-order chi connectivity index (χ0) is 13.7. The summed E-state index contributed by atoms with van der Waals surface area (Å²) in [5.41, 5.74) is 2.27. The lowest BCUT2D eigenvalue weighted by molar-refractivity contribution is -0.121. The maximum absolute atomic E-state index is 11.7. The van der Waals surface area contributed by atoms with Gasteiger partial charge in [-0.3, -0.25) is 4.79 Å². The predicted octanol–water partition coefficient (Wildman–Crippen LogP) is 1.99. The average Bonchev–Trinajstić information content (AvgIpc) is 2.79. The summed E-state index contributed by atoms with van der Waals surface area (Å²) in [6.45, 7) is 2.25. The van der Waals surface area contributed by atoms with Gasteiger partial charge < -0.3 is 15.4 Å². The zero-order valence-electron chi connectivity index (χ0n) is 11.1. The molecule has 0 aliphatic carbocycles. The summed E-state index contributed by atoms with van der Waals surface area (Å²) < 4.78 is 0. The molecule has 4 nitrogen and oxygen atoms in total. The third-order valence-corrected chi connectivity index (χ3v) is 3.18. The SMILES string of the molecule is CC(O)CCNC(=O)CCc1c[nH]c2ccccc12. The molecule has 0 aliphatic rings. The quantitative estimate of drug-likeness (QED) is 0.743. The normalized spacial score (nSPS) is 12.5. The first-order chi connectivity index (χ1) is 9.16. The molecule has 4 heteroatoms. The van der Waals surface area contributed by atoms with E-state index in [9.17, 15) is 4.79 Å². The van der Waals surface area contributed by atoms with Crippen LogP contribution in [0.15, 0.2) is 30.5 Å². The summed E-state index contributed by atoms with van der Waals surface area (Å²) in [7, 11) is 0. The second-order valence-corrected chi connectivity index (χ2v) is 4.85. The van der Waals surface area contributed by atoms with E-state index in [0.717, 1.165) is 11.9 Å². The summed E-state index contributed by atoms with van der Waals surface area (Å²) in [6, 6.07) is 8.09. The van der Waals surface area contributed by atoms with Gasteiger partial charge in [0.2, 0.25) is 5.91 Å². The van der Waals surface area contributed by atoms with Crippen LogP contribution in [0.1, 0.15) is 25.3 Å². The van der Waals surface area contributed by atoms with Crippen molar-refractivity contribution < 1.29 is 9.90 Å². The molecule has 2 rings (SSSR count). The van der Waals surface area contributed by atoms with Crippen molar-refractivity contribution in [3.05, 3.63) is 36.0 Å². The first-order valence-corrected chi connectivity index (χ1v) is 6.66. The number of rotatable bonds is 6. The number of para-hydroxylation sites is 1. The van der Waals surface area contributed by atoms with Crippen molar-refractivity contribution >= 4 is 16.8 Å². The number of fused-ring (bicyclic) bond motifs is 1. The molecule has 0 fully saturated rings. The number of carbonyl (C=O) groups is 1. The van der Waals surface area contributed by atoms with E-state index in [-0.39, 0.29) is 12.0 Å². The molecule has 1 aromatic heterocycles. The molecule has 1 aromatic carbocycles. The lowest BCUT2D eigenvalue weighted by atomic mass is 10.1. The Hall–Kier alpha value is -1.81. The second-order valence-electron chi connectivity index (χ2n) is 4.85. The molecule has 102 valence electrons. The van der Waals surface area contributed by atoms with Gasteiger partial charge in [-0.1, -0.05) is 18.2 Å². The van der Waals surface area contributed by atoms with Gasteiger partial charge in [-0.2, -0.15) is 0 Å². The molecule has 19 heavy (non-hydrogen) atoms. The Labute approximate surface area is 112 Å². The van der Waals surface area contributed by atoms with Gasteiger partial charge in [0.1, 0.15) is 0 Å². The number of hydrogen-bond donors (Lipinski definition) is 3. The number of benzene rings is 1. The van der Waals surface area contributed by atoms with Crippen LogP contribution >= 0.6 is 0 Å². The van der Waals surface area contributed by atoms with Crippen LogP contribution in [-0.2, 0) is 11.2 Å². The Bertz CT molecular complexity index is 546. The van der Waals surface area contributed by atoms with E-state index in [4.69, 9.17) is 5.11 Å². The van der Waals surface area contributed by atoms with Crippen molar-refractivity contribution in [2.75, 3.05) is 6.54 Å². The lowest BCUT2D eigenvalue weighted by Gasteiger charge is -2.06. The standard InChI is InChI=1S/C15H20N2O2/c1-11(18)8-9-16-15(19)7-6-12-10-17-14-5-3-2-4-13(12)14/h2-5,10-11,17-18H,6-9H2,1H3,(H,16,19). The molecule has 0 radical (unpaired) electrons.